The van der Waals surface area contributed by atoms with E-state index in [4.69, 9.17) is 4.42 Å². The first kappa shape index (κ1) is 13.6. The summed E-state index contributed by atoms with van der Waals surface area (Å²) in [5.41, 5.74) is -0.533. The molecule has 7 heteroatoms. The fourth-order valence-corrected chi connectivity index (χ4v) is 2.12. The largest absolute Gasteiger partial charge is 0.504 e. The van der Waals surface area contributed by atoms with Crippen LogP contribution in [0.2, 0.25) is 0 Å². The van der Waals surface area contributed by atoms with Gasteiger partial charge in [0.05, 0.1) is 10.9 Å². The maximum atomic E-state index is 12.4. The third-order valence-electron chi connectivity index (χ3n) is 3.28. The summed E-state index contributed by atoms with van der Waals surface area (Å²) in [6.07, 6.45) is 1.05. The third kappa shape index (κ3) is 1.87. The fraction of sp³-hybridized carbons (Fsp3) is 0. The van der Waals surface area contributed by atoms with E-state index in [-0.39, 0.29) is 27.8 Å². The van der Waals surface area contributed by atoms with Crippen LogP contribution < -0.4 is 5.43 Å². The van der Waals surface area contributed by atoms with Crippen molar-refractivity contribution >= 4 is 11.0 Å². The number of rotatable bonds is 1. The second kappa shape index (κ2) is 4.59. The van der Waals surface area contributed by atoms with Crippen LogP contribution in [0.1, 0.15) is 0 Å². The van der Waals surface area contributed by atoms with Gasteiger partial charge in [0, 0.05) is 0 Å². The van der Waals surface area contributed by atoms with Gasteiger partial charge in [-0.1, -0.05) is 6.07 Å². The Morgan fingerprint density at radius 3 is 2.23 bits per heavy atom. The van der Waals surface area contributed by atoms with Crippen LogP contribution in [0.3, 0.4) is 0 Å². The van der Waals surface area contributed by atoms with E-state index < -0.39 is 28.4 Å². The highest BCUT2D eigenvalue weighted by Gasteiger charge is 2.18. The monoisotopic (exact) mass is 302 g/mol. The van der Waals surface area contributed by atoms with E-state index >= 15 is 0 Å². The first-order chi connectivity index (χ1) is 10.4. The van der Waals surface area contributed by atoms with E-state index in [9.17, 15) is 30.3 Å². The van der Waals surface area contributed by atoms with Crippen LogP contribution in [0.15, 0.2) is 39.7 Å². The number of hydrogen-bond donors (Lipinski definition) is 5. The van der Waals surface area contributed by atoms with E-state index in [1.165, 1.54) is 18.2 Å². The molecule has 0 saturated heterocycles. The minimum Gasteiger partial charge on any atom is -0.504 e. The quantitative estimate of drug-likeness (QED) is 0.434. The molecule has 1 heterocycles. The maximum Gasteiger partial charge on any atom is 0.205 e. The number of phenolic OH excluding ortho intramolecular Hbond substituents is 5. The van der Waals surface area contributed by atoms with Crippen LogP contribution in [0, 0.1) is 0 Å². The topological polar surface area (TPSA) is 131 Å². The predicted octanol–water partition coefficient (Wildman–Crippen LogP) is 1.99. The van der Waals surface area contributed by atoms with Gasteiger partial charge in [-0.25, -0.2) is 0 Å². The smallest absolute Gasteiger partial charge is 0.205 e. The van der Waals surface area contributed by atoms with Crippen molar-refractivity contribution in [3.63, 3.8) is 0 Å². The number of benzene rings is 2. The van der Waals surface area contributed by atoms with Gasteiger partial charge in [0.1, 0.15) is 6.26 Å². The van der Waals surface area contributed by atoms with E-state index in [2.05, 4.69) is 0 Å². The van der Waals surface area contributed by atoms with Crippen molar-refractivity contribution in [2.45, 2.75) is 0 Å². The summed E-state index contributed by atoms with van der Waals surface area (Å²) in [4.78, 5) is 12.4. The molecule has 0 atom stereocenters. The molecule has 0 spiro atoms. The Balaban J connectivity index is 2.33. The second-order valence-electron chi connectivity index (χ2n) is 4.65. The lowest BCUT2D eigenvalue weighted by Gasteiger charge is -2.07. The summed E-state index contributed by atoms with van der Waals surface area (Å²) < 4.78 is 5.15. The summed E-state index contributed by atoms with van der Waals surface area (Å²) >= 11 is 0. The minimum absolute atomic E-state index is 0.0484. The molecule has 1 aromatic heterocycles. The van der Waals surface area contributed by atoms with Crippen molar-refractivity contribution in [2.75, 3.05) is 0 Å². The van der Waals surface area contributed by atoms with Crippen molar-refractivity contribution in [3.8, 4) is 39.9 Å². The van der Waals surface area contributed by atoms with E-state index in [0.29, 0.717) is 0 Å². The van der Waals surface area contributed by atoms with Crippen LogP contribution in [0.4, 0.5) is 0 Å². The molecule has 3 aromatic rings. The first-order valence-electron chi connectivity index (χ1n) is 6.12. The Labute approximate surface area is 122 Å². The summed E-state index contributed by atoms with van der Waals surface area (Å²) in [5, 5.41) is 47.3. The van der Waals surface area contributed by atoms with E-state index in [1.807, 2.05) is 0 Å². The lowest BCUT2D eigenvalue weighted by molar-refractivity contribution is 0.366. The van der Waals surface area contributed by atoms with Crippen molar-refractivity contribution in [1.82, 2.24) is 0 Å². The van der Waals surface area contributed by atoms with Gasteiger partial charge in [0.15, 0.2) is 22.8 Å². The lowest BCUT2D eigenvalue weighted by Crippen LogP contribution is -2.04. The second-order valence-corrected chi connectivity index (χ2v) is 4.65. The Hall–Kier alpha value is -3.35. The summed E-state index contributed by atoms with van der Waals surface area (Å²) in [7, 11) is 0. The normalized spacial score (nSPS) is 10.9. The van der Waals surface area contributed by atoms with E-state index in [0.717, 1.165) is 12.3 Å². The number of aromatic hydroxyl groups is 5. The van der Waals surface area contributed by atoms with Crippen LogP contribution >= 0.6 is 0 Å². The van der Waals surface area contributed by atoms with Crippen molar-refractivity contribution in [1.29, 1.82) is 0 Å². The standard InChI is InChI=1S/C15H10O7/c16-9-2-1-6(3-10(9)17)8-5-22-15-7(12(8)19)4-11(18)13(20)14(15)21/h1-5,16-18,20-21H. The molecule has 0 radical (unpaired) electrons. The molecule has 0 aliphatic heterocycles. The average molecular weight is 302 g/mol. The molecule has 0 fully saturated rings. The van der Waals surface area contributed by atoms with Gasteiger partial charge in [0.2, 0.25) is 16.9 Å². The fourth-order valence-electron chi connectivity index (χ4n) is 2.12. The zero-order valence-electron chi connectivity index (χ0n) is 10.9. The average Bonchev–Trinajstić information content (AvgIpc) is 2.49. The number of fused-ring (bicyclic) bond motifs is 1. The van der Waals surface area contributed by atoms with Crippen molar-refractivity contribution in [2.24, 2.45) is 0 Å². The van der Waals surface area contributed by atoms with Crippen LogP contribution in [0.5, 0.6) is 28.7 Å². The Morgan fingerprint density at radius 1 is 0.818 bits per heavy atom. The highest BCUT2D eigenvalue weighted by Crippen LogP contribution is 2.40. The Morgan fingerprint density at radius 2 is 1.55 bits per heavy atom. The SMILES string of the molecule is O=c1c(-c2ccc(O)c(O)c2)coc2c(O)c(O)c(O)cc12. The molecular formula is C15H10O7. The number of phenols is 5. The lowest BCUT2D eigenvalue weighted by atomic mass is 10.0. The van der Waals surface area contributed by atoms with Gasteiger partial charge < -0.3 is 29.9 Å². The molecule has 7 nitrogen and oxygen atoms in total. The molecule has 0 amide bonds. The molecule has 112 valence electrons. The molecule has 0 saturated carbocycles. The van der Waals surface area contributed by atoms with Crippen LogP contribution in [-0.2, 0) is 0 Å². The van der Waals surface area contributed by atoms with Gasteiger partial charge >= 0.3 is 0 Å². The highest BCUT2D eigenvalue weighted by molar-refractivity contribution is 5.90. The zero-order valence-corrected chi connectivity index (χ0v) is 10.9. The van der Waals surface area contributed by atoms with Crippen LogP contribution in [-0.4, -0.2) is 25.5 Å². The van der Waals surface area contributed by atoms with Crippen LogP contribution in [0.25, 0.3) is 22.1 Å². The first-order valence-corrected chi connectivity index (χ1v) is 6.12. The third-order valence-corrected chi connectivity index (χ3v) is 3.28. The molecule has 22 heavy (non-hydrogen) atoms. The van der Waals surface area contributed by atoms with Gasteiger partial charge in [-0.15, -0.1) is 0 Å². The molecule has 3 rings (SSSR count). The van der Waals surface area contributed by atoms with Gasteiger partial charge in [-0.3, -0.25) is 4.79 Å². The van der Waals surface area contributed by atoms with Crippen molar-refractivity contribution < 1.29 is 29.9 Å². The van der Waals surface area contributed by atoms with Gasteiger partial charge in [0.25, 0.3) is 0 Å². The molecular weight excluding hydrogens is 292 g/mol. The minimum atomic E-state index is -0.786. The van der Waals surface area contributed by atoms with Crippen molar-refractivity contribution in [3.05, 3.63) is 40.8 Å². The van der Waals surface area contributed by atoms with Gasteiger partial charge in [-0.2, -0.15) is 0 Å². The Kier molecular flexibility index (Phi) is 2.84. The Bertz CT molecular complexity index is 956. The molecule has 2 aromatic carbocycles. The molecule has 5 N–H and O–H groups in total. The summed E-state index contributed by atoms with van der Waals surface area (Å²) in [6, 6.07) is 4.75. The zero-order chi connectivity index (χ0) is 16.0. The highest BCUT2D eigenvalue weighted by atomic mass is 16.4. The molecule has 0 unspecified atom stereocenters. The molecule has 0 aliphatic carbocycles. The summed E-state index contributed by atoms with van der Waals surface area (Å²) in [5.74, 6) is -2.94. The maximum absolute atomic E-state index is 12.4. The molecule has 0 aliphatic rings. The van der Waals surface area contributed by atoms with Gasteiger partial charge in [-0.05, 0) is 23.8 Å². The van der Waals surface area contributed by atoms with E-state index in [1.54, 1.807) is 0 Å². The number of hydrogen-bond acceptors (Lipinski definition) is 7. The molecule has 0 bridgehead atoms. The summed E-state index contributed by atoms with van der Waals surface area (Å²) in [6.45, 7) is 0. The predicted molar refractivity (Wildman–Crippen MR) is 76.2 cm³/mol.